The molecule has 0 heterocycles. The Morgan fingerprint density at radius 3 is 2.50 bits per heavy atom. The van der Waals surface area contributed by atoms with E-state index >= 15 is 0 Å². The number of hydrogen-bond acceptors (Lipinski definition) is 2. The molecule has 0 spiro atoms. The Balaban J connectivity index is 2.44. The highest BCUT2D eigenvalue weighted by Crippen LogP contribution is 2.40. The molecule has 82 valence electrons. The van der Waals surface area contributed by atoms with Crippen LogP contribution < -0.4 is 0 Å². The van der Waals surface area contributed by atoms with Gasteiger partial charge in [0.2, 0.25) is 5.92 Å². The first-order valence-electron chi connectivity index (χ1n) is 4.84. The van der Waals surface area contributed by atoms with Crippen molar-refractivity contribution in [1.29, 1.82) is 0 Å². The monoisotopic (exact) mass is 206 g/mol. The summed E-state index contributed by atoms with van der Waals surface area (Å²) >= 11 is 0. The number of Topliss-reactive ketones (excluding diaryl/α,β-unsaturated/α-hetero) is 1. The number of ketones is 1. The van der Waals surface area contributed by atoms with Gasteiger partial charge in [-0.3, -0.25) is 4.79 Å². The third-order valence-electron chi connectivity index (χ3n) is 2.66. The summed E-state index contributed by atoms with van der Waals surface area (Å²) in [6.07, 6.45) is 0.111. The van der Waals surface area contributed by atoms with Gasteiger partial charge in [0.25, 0.3) is 0 Å². The van der Waals surface area contributed by atoms with E-state index in [1.807, 2.05) is 0 Å². The van der Waals surface area contributed by atoms with Gasteiger partial charge in [0.15, 0.2) is 5.78 Å². The van der Waals surface area contributed by atoms with E-state index in [4.69, 9.17) is 0 Å². The lowest BCUT2D eigenvalue weighted by Gasteiger charge is -2.18. The van der Waals surface area contributed by atoms with E-state index in [0.29, 0.717) is 6.42 Å². The van der Waals surface area contributed by atoms with Crippen molar-refractivity contribution in [3.63, 3.8) is 0 Å². The van der Waals surface area contributed by atoms with Gasteiger partial charge in [-0.2, -0.15) is 0 Å². The molecule has 0 amide bonds. The minimum Gasteiger partial charge on any atom is -0.383 e. The number of alkyl halides is 2. The highest BCUT2D eigenvalue weighted by Gasteiger charge is 2.41. The van der Waals surface area contributed by atoms with Crippen molar-refractivity contribution in [2.24, 2.45) is 5.92 Å². The SMILES string of the molecule is CC(C)(O)C(=O)CC1CCC(F)(F)C1. The molecule has 0 aromatic rings. The summed E-state index contributed by atoms with van der Waals surface area (Å²) in [5, 5.41) is 9.34. The van der Waals surface area contributed by atoms with E-state index in [2.05, 4.69) is 0 Å². The molecule has 0 radical (unpaired) electrons. The van der Waals surface area contributed by atoms with Crippen molar-refractivity contribution in [2.75, 3.05) is 0 Å². The van der Waals surface area contributed by atoms with Crippen LogP contribution in [-0.2, 0) is 4.79 Å². The second-order valence-corrected chi connectivity index (χ2v) is 4.65. The molecule has 0 aromatic carbocycles. The average molecular weight is 206 g/mol. The summed E-state index contributed by atoms with van der Waals surface area (Å²) in [5.74, 6) is -3.21. The standard InChI is InChI=1S/C10H16F2O2/c1-9(2,14)8(13)5-7-3-4-10(11,12)6-7/h7,14H,3-6H2,1-2H3. The quantitative estimate of drug-likeness (QED) is 0.768. The maximum atomic E-state index is 12.8. The lowest BCUT2D eigenvalue weighted by Crippen LogP contribution is -2.32. The molecular formula is C10H16F2O2. The Morgan fingerprint density at radius 2 is 2.14 bits per heavy atom. The number of rotatable bonds is 3. The first kappa shape index (κ1) is 11.6. The van der Waals surface area contributed by atoms with Gasteiger partial charge in [-0.05, 0) is 26.2 Å². The zero-order chi connectivity index (χ0) is 11.0. The van der Waals surface area contributed by atoms with Crippen molar-refractivity contribution in [1.82, 2.24) is 0 Å². The lowest BCUT2D eigenvalue weighted by atomic mass is 9.92. The number of hydrogen-bond donors (Lipinski definition) is 1. The molecule has 0 bridgehead atoms. The molecular weight excluding hydrogens is 190 g/mol. The van der Waals surface area contributed by atoms with Crippen LogP contribution in [0.3, 0.4) is 0 Å². The summed E-state index contributed by atoms with van der Waals surface area (Å²) in [7, 11) is 0. The van der Waals surface area contributed by atoms with Gasteiger partial charge in [0, 0.05) is 19.3 Å². The molecule has 1 aliphatic rings. The fourth-order valence-corrected chi connectivity index (χ4v) is 1.73. The van der Waals surface area contributed by atoms with Gasteiger partial charge >= 0.3 is 0 Å². The summed E-state index contributed by atoms with van der Waals surface area (Å²) < 4.78 is 25.5. The van der Waals surface area contributed by atoms with Gasteiger partial charge in [-0.25, -0.2) is 8.78 Å². The van der Waals surface area contributed by atoms with Crippen molar-refractivity contribution in [2.45, 2.75) is 51.1 Å². The van der Waals surface area contributed by atoms with E-state index in [1.54, 1.807) is 0 Å². The average Bonchev–Trinajstić information content (AvgIpc) is 2.28. The zero-order valence-electron chi connectivity index (χ0n) is 8.52. The first-order chi connectivity index (χ1) is 6.21. The number of carbonyl (C=O) groups excluding carboxylic acids is 1. The van der Waals surface area contributed by atoms with Crippen molar-refractivity contribution < 1.29 is 18.7 Å². The van der Waals surface area contributed by atoms with Crippen LogP contribution in [0.4, 0.5) is 8.78 Å². The first-order valence-corrected chi connectivity index (χ1v) is 4.84. The smallest absolute Gasteiger partial charge is 0.248 e. The number of carbonyl (C=O) groups is 1. The second kappa shape index (κ2) is 3.57. The van der Waals surface area contributed by atoms with Crippen molar-refractivity contribution in [3.8, 4) is 0 Å². The molecule has 1 N–H and O–H groups in total. The fraction of sp³-hybridized carbons (Fsp3) is 0.900. The maximum Gasteiger partial charge on any atom is 0.248 e. The topological polar surface area (TPSA) is 37.3 Å². The summed E-state index contributed by atoms with van der Waals surface area (Å²) in [5.41, 5.74) is -1.39. The normalized spacial score (nSPS) is 26.5. The second-order valence-electron chi connectivity index (χ2n) is 4.65. The van der Waals surface area contributed by atoms with Gasteiger partial charge in [0.1, 0.15) is 5.60 Å². The number of halogens is 2. The molecule has 0 aromatic heterocycles. The van der Waals surface area contributed by atoms with E-state index < -0.39 is 11.5 Å². The van der Waals surface area contributed by atoms with E-state index in [0.717, 1.165) is 0 Å². The molecule has 1 unspecified atom stereocenters. The van der Waals surface area contributed by atoms with Crippen LogP contribution in [0.15, 0.2) is 0 Å². The Kier molecular flexibility index (Phi) is 2.95. The summed E-state index contributed by atoms with van der Waals surface area (Å²) in [4.78, 5) is 11.3. The van der Waals surface area contributed by atoms with Crippen LogP contribution in [0, 0.1) is 5.92 Å². The molecule has 1 fully saturated rings. The molecule has 4 heteroatoms. The van der Waals surface area contributed by atoms with Crippen LogP contribution in [0.1, 0.15) is 39.5 Å². The lowest BCUT2D eigenvalue weighted by molar-refractivity contribution is -0.135. The molecule has 14 heavy (non-hydrogen) atoms. The van der Waals surface area contributed by atoms with Crippen molar-refractivity contribution >= 4 is 5.78 Å². The van der Waals surface area contributed by atoms with E-state index in [1.165, 1.54) is 13.8 Å². The molecule has 2 nitrogen and oxygen atoms in total. The minimum atomic E-state index is -2.61. The highest BCUT2D eigenvalue weighted by molar-refractivity contribution is 5.86. The van der Waals surface area contributed by atoms with Gasteiger partial charge < -0.3 is 5.11 Å². The summed E-state index contributed by atoms with van der Waals surface area (Å²) in [6.45, 7) is 2.78. The zero-order valence-corrected chi connectivity index (χ0v) is 8.52. The fourth-order valence-electron chi connectivity index (χ4n) is 1.73. The molecule has 0 saturated heterocycles. The predicted molar refractivity (Wildman–Crippen MR) is 48.2 cm³/mol. The maximum absolute atomic E-state index is 12.8. The molecule has 1 rings (SSSR count). The highest BCUT2D eigenvalue weighted by atomic mass is 19.3. The predicted octanol–water partition coefficient (Wildman–Crippen LogP) is 2.15. The summed E-state index contributed by atoms with van der Waals surface area (Å²) in [6, 6.07) is 0. The van der Waals surface area contributed by atoms with E-state index in [9.17, 15) is 18.7 Å². The Labute approximate surface area is 82.3 Å². The Morgan fingerprint density at radius 1 is 1.57 bits per heavy atom. The van der Waals surface area contributed by atoms with Crippen LogP contribution in [0.25, 0.3) is 0 Å². The van der Waals surface area contributed by atoms with Gasteiger partial charge in [-0.1, -0.05) is 0 Å². The third kappa shape index (κ3) is 3.01. The minimum absolute atomic E-state index is 0.0685. The third-order valence-corrected chi connectivity index (χ3v) is 2.66. The van der Waals surface area contributed by atoms with Gasteiger partial charge in [0.05, 0.1) is 0 Å². The van der Waals surface area contributed by atoms with Crippen LogP contribution >= 0.6 is 0 Å². The van der Waals surface area contributed by atoms with Crippen LogP contribution in [-0.4, -0.2) is 22.4 Å². The van der Waals surface area contributed by atoms with Crippen molar-refractivity contribution in [3.05, 3.63) is 0 Å². The Hall–Kier alpha value is -0.510. The largest absolute Gasteiger partial charge is 0.383 e. The van der Waals surface area contributed by atoms with Gasteiger partial charge in [-0.15, -0.1) is 0 Å². The van der Waals surface area contributed by atoms with E-state index in [-0.39, 0.29) is 31.0 Å². The molecule has 1 saturated carbocycles. The Bertz CT molecular complexity index is 231. The number of aliphatic hydroxyl groups is 1. The van der Waals surface area contributed by atoms with Crippen LogP contribution in [0.5, 0.6) is 0 Å². The van der Waals surface area contributed by atoms with Crippen LogP contribution in [0.2, 0.25) is 0 Å². The molecule has 1 atom stereocenters. The molecule has 1 aliphatic carbocycles. The molecule has 0 aliphatic heterocycles.